The van der Waals surface area contributed by atoms with Crippen molar-refractivity contribution in [2.75, 3.05) is 5.32 Å². The smallest absolute Gasteiger partial charge is 0.293 e. The number of hydrogen-bond acceptors (Lipinski definition) is 3. The standard InChI is InChI=1S/C14H14ClFN2O2/c1-7(2)12-13(20-8(3)17-12)14(19)18-9-4-5-11(16)10(15)6-9/h4-7H,1-3H3,(H,18,19). The van der Waals surface area contributed by atoms with Crippen molar-refractivity contribution in [3.8, 4) is 0 Å². The van der Waals surface area contributed by atoms with E-state index in [-0.39, 0.29) is 16.7 Å². The Morgan fingerprint density at radius 2 is 2.15 bits per heavy atom. The van der Waals surface area contributed by atoms with Crippen LogP contribution in [-0.4, -0.2) is 10.9 Å². The van der Waals surface area contributed by atoms with Crippen molar-refractivity contribution >= 4 is 23.2 Å². The van der Waals surface area contributed by atoms with Crippen molar-refractivity contribution < 1.29 is 13.6 Å². The van der Waals surface area contributed by atoms with Crippen molar-refractivity contribution in [3.63, 3.8) is 0 Å². The maximum absolute atomic E-state index is 13.1. The first kappa shape index (κ1) is 14.5. The number of benzene rings is 1. The SMILES string of the molecule is Cc1nc(C(C)C)c(C(=O)Nc2ccc(F)c(Cl)c2)o1. The summed E-state index contributed by atoms with van der Waals surface area (Å²) in [5.74, 6) is -0.320. The summed E-state index contributed by atoms with van der Waals surface area (Å²) in [5.41, 5.74) is 0.985. The molecular weight excluding hydrogens is 283 g/mol. The maximum atomic E-state index is 13.1. The van der Waals surface area contributed by atoms with Gasteiger partial charge in [0.15, 0.2) is 5.89 Å². The predicted molar refractivity (Wildman–Crippen MR) is 74.7 cm³/mol. The number of carbonyl (C=O) groups is 1. The van der Waals surface area contributed by atoms with Crippen LogP contribution in [0.25, 0.3) is 0 Å². The lowest BCUT2D eigenvalue weighted by atomic mass is 10.1. The summed E-state index contributed by atoms with van der Waals surface area (Å²) >= 11 is 5.67. The predicted octanol–water partition coefficient (Wildman–Crippen LogP) is 4.15. The summed E-state index contributed by atoms with van der Waals surface area (Å²) in [4.78, 5) is 16.4. The lowest BCUT2D eigenvalue weighted by Gasteiger charge is -2.06. The van der Waals surface area contributed by atoms with Crippen LogP contribution in [0.5, 0.6) is 0 Å². The Labute approximate surface area is 121 Å². The molecule has 0 unspecified atom stereocenters. The van der Waals surface area contributed by atoms with Gasteiger partial charge in [-0.05, 0) is 24.1 Å². The molecular formula is C14H14ClFN2O2. The summed E-state index contributed by atoms with van der Waals surface area (Å²) in [6.45, 7) is 5.52. The molecule has 6 heteroatoms. The fourth-order valence-corrected chi connectivity index (χ4v) is 1.94. The number of oxazole rings is 1. The van der Waals surface area contributed by atoms with Crippen molar-refractivity contribution in [3.05, 3.63) is 46.4 Å². The van der Waals surface area contributed by atoms with E-state index >= 15 is 0 Å². The van der Waals surface area contributed by atoms with E-state index in [0.29, 0.717) is 17.3 Å². The fourth-order valence-electron chi connectivity index (χ4n) is 1.76. The highest BCUT2D eigenvalue weighted by molar-refractivity contribution is 6.31. The molecule has 0 aliphatic rings. The minimum Gasteiger partial charge on any atom is -0.436 e. The molecule has 106 valence electrons. The minimum absolute atomic E-state index is 0.0550. The molecule has 1 aromatic carbocycles. The zero-order valence-corrected chi connectivity index (χ0v) is 12.1. The van der Waals surface area contributed by atoms with Gasteiger partial charge in [0, 0.05) is 12.6 Å². The van der Waals surface area contributed by atoms with Crippen LogP contribution >= 0.6 is 11.6 Å². The van der Waals surface area contributed by atoms with Crippen LogP contribution in [0, 0.1) is 12.7 Å². The van der Waals surface area contributed by atoms with Gasteiger partial charge in [-0.2, -0.15) is 0 Å². The zero-order valence-electron chi connectivity index (χ0n) is 11.3. The minimum atomic E-state index is -0.539. The van der Waals surface area contributed by atoms with E-state index in [1.165, 1.54) is 18.2 Å². The number of aryl methyl sites for hydroxylation is 1. The van der Waals surface area contributed by atoms with Gasteiger partial charge in [-0.15, -0.1) is 0 Å². The van der Waals surface area contributed by atoms with Crippen LogP contribution in [0.15, 0.2) is 22.6 Å². The van der Waals surface area contributed by atoms with Crippen LogP contribution in [0.1, 0.15) is 41.9 Å². The molecule has 0 radical (unpaired) electrons. The highest BCUT2D eigenvalue weighted by atomic mass is 35.5. The lowest BCUT2D eigenvalue weighted by Crippen LogP contribution is -2.13. The number of hydrogen-bond donors (Lipinski definition) is 1. The summed E-state index contributed by atoms with van der Waals surface area (Å²) in [6.07, 6.45) is 0. The number of rotatable bonds is 3. The van der Waals surface area contributed by atoms with Gasteiger partial charge >= 0.3 is 0 Å². The van der Waals surface area contributed by atoms with Crippen LogP contribution in [0.2, 0.25) is 5.02 Å². The summed E-state index contributed by atoms with van der Waals surface area (Å²) < 4.78 is 18.4. The first-order valence-corrected chi connectivity index (χ1v) is 6.50. The topological polar surface area (TPSA) is 55.1 Å². The van der Waals surface area contributed by atoms with Crippen molar-refractivity contribution in [1.82, 2.24) is 4.98 Å². The maximum Gasteiger partial charge on any atom is 0.293 e. The van der Waals surface area contributed by atoms with E-state index in [0.717, 1.165) is 0 Å². The van der Waals surface area contributed by atoms with E-state index in [1.54, 1.807) is 6.92 Å². The van der Waals surface area contributed by atoms with Crippen LogP contribution in [0.3, 0.4) is 0 Å². The van der Waals surface area contributed by atoms with E-state index in [1.807, 2.05) is 13.8 Å². The third-order valence-electron chi connectivity index (χ3n) is 2.69. The number of nitrogens with one attached hydrogen (secondary N) is 1. The quantitative estimate of drug-likeness (QED) is 0.925. The molecule has 1 heterocycles. The van der Waals surface area contributed by atoms with Gasteiger partial charge in [-0.1, -0.05) is 25.4 Å². The third-order valence-corrected chi connectivity index (χ3v) is 2.98. The Morgan fingerprint density at radius 3 is 2.75 bits per heavy atom. The molecule has 0 bridgehead atoms. The van der Waals surface area contributed by atoms with Crippen LogP contribution in [-0.2, 0) is 0 Å². The van der Waals surface area contributed by atoms with E-state index in [9.17, 15) is 9.18 Å². The Bertz CT molecular complexity index is 653. The number of halogens is 2. The van der Waals surface area contributed by atoms with Gasteiger partial charge in [-0.25, -0.2) is 9.37 Å². The molecule has 1 amide bonds. The molecule has 0 fully saturated rings. The number of aromatic nitrogens is 1. The first-order valence-electron chi connectivity index (χ1n) is 6.12. The van der Waals surface area contributed by atoms with Crippen molar-refractivity contribution in [2.45, 2.75) is 26.7 Å². The number of nitrogens with zero attached hydrogens (tertiary/aromatic N) is 1. The Balaban J connectivity index is 2.26. The van der Waals surface area contributed by atoms with Gasteiger partial charge in [0.2, 0.25) is 5.76 Å². The molecule has 20 heavy (non-hydrogen) atoms. The van der Waals surface area contributed by atoms with Gasteiger partial charge in [0.05, 0.1) is 10.7 Å². The molecule has 0 saturated heterocycles. The monoisotopic (exact) mass is 296 g/mol. The van der Waals surface area contributed by atoms with E-state index in [4.69, 9.17) is 16.0 Å². The van der Waals surface area contributed by atoms with Gasteiger partial charge in [0.25, 0.3) is 5.91 Å². The molecule has 2 rings (SSSR count). The summed E-state index contributed by atoms with van der Waals surface area (Å²) in [7, 11) is 0. The zero-order chi connectivity index (χ0) is 14.9. The normalized spacial score (nSPS) is 10.9. The molecule has 4 nitrogen and oxygen atoms in total. The van der Waals surface area contributed by atoms with Crippen LogP contribution in [0.4, 0.5) is 10.1 Å². The van der Waals surface area contributed by atoms with E-state index < -0.39 is 11.7 Å². The Kier molecular flexibility index (Phi) is 4.09. The van der Waals surface area contributed by atoms with Gasteiger partial charge in [-0.3, -0.25) is 4.79 Å². The highest BCUT2D eigenvalue weighted by Gasteiger charge is 2.21. The fraction of sp³-hybridized carbons (Fsp3) is 0.286. The second-order valence-electron chi connectivity index (χ2n) is 4.68. The second kappa shape index (κ2) is 5.63. The molecule has 1 aromatic heterocycles. The molecule has 1 N–H and O–H groups in total. The van der Waals surface area contributed by atoms with Crippen molar-refractivity contribution in [1.29, 1.82) is 0 Å². The average Bonchev–Trinajstić information content (AvgIpc) is 2.76. The molecule has 0 saturated carbocycles. The first-order chi connectivity index (χ1) is 9.38. The number of amides is 1. The molecule has 0 aliphatic heterocycles. The average molecular weight is 297 g/mol. The largest absolute Gasteiger partial charge is 0.436 e. The summed E-state index contributed by atoms with van der Waals surface area (Å²) in [5, 5.41) is 2.56. The molecule has 0 atom stereocenters. The van der Waals surface area contributed by atoms with Gasteiger partial charge in [0.1, 0.15) is 5.82 Å². The Morgan fingerprint density at radius 1 is 1.45 bits per heavy atom. The van der Waals surface area contributed by atoms with Crippen molar-refractivity contribution in [2.24, 2.45) is 0 Å². The van der Waals surface area contributed by atoms with Crippen LogP contribution < -0.4 is 5.32 Å². The van der Waals surface area contributed by atoms with Gasteiger partial charge < -0.3 is 9.73 Å². The summed E-state index contributed by atoms with van der Waals surface area (Å²) in [6, 6.07) is 3.96. The second-order valence-corrected chi connectivity index (χ2v) is 5.09. The molecule has 0 aliphatic carbocycles. The number of carbonyl (C=O) groups excluding carboxylic acids is 1. The number of anilines is 1. The molecule has 0 spiro atoms. The highest BCUT2D eigenvalue weighted by Crippen LogP contribution is 2.23. The third kappa shape index (κ3) is 2.99. The Hall–Kier alpha value is -1.88. The van der Waals surface area contributed by atoms with E-state index in [2.05, 4.69) is 10.3 Å². The molecule has 2 aromatic rings. The lowest BCUT2D eigenvalue weighted by molar-refractivity contribution is 0.0993.